The lowest BCUT2D eigenvalue weighted by Gasteiger charge is -2.14. The number of nitrogens with one attached hydrogen (secondary N) is 1. The van der Waals surface area contributed by atoms with E-state index in [4.69, 9.17) is 11.6 Å². The molecule has 4 rings (SSSR count). The first kappa shape index (κ1) is 19.2. The van der Waals surface area contributed by atoms with E-state index >= 15 is 0 Å². The molecular formula is C20H16ClF2N5O. The van der Waals surface area contributed by atoms with E-state index in [9.17, 15) is 13.9 Å². The molecule has 0 amide bonds. The first-order chi connectivity index (χ1) is 13.9. The van der Waals surface area contributed by atoms with Gasteiger partial charge in [0.05, 0.1) is 23.4 Å². The fourth-order valence-electron chi connectivity index (χ4n) is 2.98. The highest BCUT2D eigenvalue weighted by molar-refractivity contribution is 6.30. The Kier molecular flexibility index (Phi) is 5.12. The third-order valence-corrected chi connectivity index (χ3v) is 4.62. The molecule has 0 aliphatic heterocycles. The minimum atomic E-state index is -1.06. The van der Waals surface area contributed by atoms with Crippen molar-refractivity contribution >= 4 is 28.5 Å². The predicted octanol–water partition coefficient (Wildman–Crippen LogP) is 4.20. The second-order valence-electron chi connectivity index (χ2n) is 6.46. The predicted molar refractivity (Wildman–Crippen MR) is 106 cm³/mol. The highest BCUT2D eigenvalue weighted by Crippen LogP contribution is 2.25. The number of nitrogens with zero attached hydrogens (tertiary/aromatic N) is 4. The van der Waals surface area contributed by atoms with E-state index in [1.165, 1.54) is 6.07 Å². The Morgan fingerprint density at radius 1 is 1.14 bits per heavy atom. The van der Waals surface area contributed by atoms with Crippen molar-refractivity contribution in [3.8, 4) is 5.69 Å². The average Bonchev–Trinajstić information content (AvgIpc) is 3.11. The molecule has 9 heteroatoms. The monoisotopic (exact) mass is 415 g/mol. The number of aryl methyl sites for hydroxylation is 1. The van der Waals surface area contributed by atoms with E-state index in [1.54, 1.807) is 29.9 Å². The summed E-state index contributed by atoms with van der Waals surface area (Å²) in [5.74, 6) is -0.992. The average molecular weight is 416 g/mol. The molecule has 4 aromatic rings. The van der Waals surface area contributed by atoms with Gasteiger partial charge in [0.25, 0.3) is 0 Å². The van der Waals surface area contributed by atoms with Crippen LogP contribution in [0.5, 0.6) is 0 Å². The van der Waals surface area contributed by atoms with Gasteiger partial charge in [-0.15, -0.1) is 0 Å². The third kappa shape index (κ3) is 3.90. The number of benzene rings is 2. The molecule has 0 radical (unpaired) electrons. The summed E-state index contributed by atoms with van der Waals surface area (Å²) in [5.41, 5.74) is 1.58. The maximum atomic E-state index is 13.4. The fourth-order valence-corrected chi connectivity index (χ4v) is 3.16. The number of aliphatic hydroxyl groups excluding tert-OH is 1. The van der Waals surface area contributed by atoms with Crippen molar-refractivity contribution in [1.82, 2.24) is 19.7 Å². The summed E-state index contributed by atoms with van der Waals surface area (Å²) < 4.78 is 28.1. The molecule has 2 heterocycles. The van der Waals surface area contributed by atoms with Crippen LogP contribution >= 0.6 is 11.6 Å². The Morgan fingerprint density at radius 2 is 1.97 bits per heavy atom. The summed E-state index contributed by atoms with van der Waals surface area (Å²) in [6.07, 6.45) is 0.556. The van der Waals surface area contributed by atoms with Crippen LogP contribution in [0.25, 0.3) is 16.7 Å². The minimum absolute atomic E-state index is 0.0406. The van der Waals surface area contributed by atoms with Crippen LogP contribution in [-0.4, -0.2) is 31.4 Å². The number of hydrogen-bond donors (Lipinski definition) is 2. The van der Waals surface area contributed by atoms with Crippen LogP contribution in [0.2, 0.25) is 5.02 Å². The molecule has 148 valence electrons. The standard InChI is InChI=1S/C20H16ClF2N5O/c1-11-26-19(24-10-18(29)12-5-6-16(22)17(23)7-12)15-9-25-28(20(15)27-11)14-4-2-3-13(21)8-14/h2-9,18,29H,10H2,1H3,(H,24,26,27)/t18-/m1/s1. The molecule has 0 aliphatic carbocycles. The van der Waals surface area contributed by atoms with Gasteiger partial charge in [-0.2, -0.15) is 5.10 Å². The van der Waals surface area contributed by atoms with Gasteiger partial charge in [-0.25, -0.2) is 23.4 Å². The maximum Gasteiger partial charge on any atom is 0.168 e. The molecule has 0 saturated carbocycles. The summed E-state index contributed by atoms with van der Waals surface area (Å²) >= 11 is 6.07. The lowest BCUT2D eigenvalue weighted by Crippen LogP contribution is -2.14. The van der Waals surface area contributed by atoms with Crippen molar-refractivity contribution < 1.29 is 13.9 Å². The van der Waals surface area contributed by atoms with Crippen molar-refractivity contribution in [2.75, 3.05) is 11.9 Å². The van der Waals surface area contributed by atoms with Gasteiger partial charge < -0.3 is 10.4 Å². The van der Waals surface area contributed by atoms with Gasteiger partial charge in [0.2, 0.25) is 0 Å². The number of rotatable bonds is 5. The minimum Gasteiger partial charge on any atom is -0.387 e. The van der Waals surface area contributed by atoms with Gasteiger partial charge in [-0.3, -0.25) is 0 Å². The van der Waals surface area contributed by atoms with Gasteiger partial charge in [0.15, 0.2) is 17.3 Å². The van der Waals surface area contributed by atoms with E-state index in [-0.39, 0.29) is 12.1 Å². The number of anilines is 1. The number of halogens is 3. The lowest BCUT2D eigenvalue weighted by atomic mass is 10.1. The molecule has 29 heavy (non-hydrogen) atoms. The number of aromatic nitrogens is 4. The van der Waals surface area contributed by atoms with Gasteiger partial charge in [-0.1, -0.05) is 23.7 Å². The summed E-state index contributed by atoms with van der Waals surface area (Å²) in [6, 6.07) is 10.5. The Hall–Kier alpha value is -3.10. The molecule has 0 spiro atoms. The lowest BCUT2D eigenvalue weighted by molar-refractivity contribution is 0.191. The highest BCUT2D eigenvalue weighted by Gasteiger charge is 2.15. The fraction of sp³-hybridized carbons (Fsp3) is 0.150. The number of hydrogen-bond acceptors (Lipinski definition) is 5. The molecule has 0 fully saturated rings. The van der Waals surface area contributed by atoms with Gasteiger partial charge >= 0.3 is 0 Å². The zero-order valence-electron chi connectivity index (χ0n) is 15.3. The van der Waals surface area contributed by atoms with Crippen molar-refractivity contribution in [2.45, 2.75) is 13.0 Å². The largest absolute Gasteiger partial charge is 0.387 e. The highest BCUT2D eigenvalue weighted by atomic mass is 35.5. The zero-order chi connectivity index (χ0) is 20.5. The molecule has 2 aromatic carbocycles. The van der Waals surface area contributed by atoms with Crippen molar-refractivity contribution in [3.05, 3.63) is 76.7 Å². The molecule has 1 atom stereocenters. The number of aliphatic hydroxyl groups is 1. The Bertz CT molecular complexity index is 1200. The van der Waals surface area contributed by atoms with Gasteiger partial charge in [0.1, 0.15) is 11.6 Å². The topological polar surface area (TPSA) is 75.9 Å². The van der Waals surface area contributed by atoms with Crippen LogP contribution in [-0.2, 0) is 0 Å². The SMILES string of the molecule is Cc1nc(NC[C@@H](O)c2ccc(F)c(F)c2)c2cnn(-c3cccc(Cl)c3)c2n1. The van der Waals surface area contributed by atoms with Crippen LogP contribution in [0.4, 0.5) is 14.6 Å². The van der Waals surface area contributed by atoms with E-state index in [1.807, 2.05) is 12.1 Å². The Morgan fingerprint density at radius 3 is 2.72 bits per heavy atom. The summed E-state index contributed by atoms with van der Waals surface area (Å²) in [6.45, 7) is 1.78. The first-order valence-corrected chi connectivity index (χ1v) is 9.15. The molecular weight excluding hydrogens is 400 g/mol. The normalized spacial score (nSPS) is 12.3. The van der Waals surface area contributed by atoms with E-state index < -0.39 is 17.7 Å². The second kappa shape index (κ2) is 7.73. The second-order valence-corrected chi connectivity index (χ2v) is 6.90. The first-order valence-electron chi connectivity index (χ1n) is 8.77. The third-order valence-electron chi connectivity index (χ3n) is 4.38. The zero-order valence-corrected chi connectivity index (χ0v) is 16.0. The molecule has 2 N–H and O–H groups in total. The molecule has 0 aliphatic rings. The molecule has 0 bridgehead atoms. The summed E-state index contributed by atoms with van der Waals surface area (Å²) in [7, 11) is 0. The van der Waals surface area contributed by atoms with Crippen LogP contribution in [0.15, 0.2) is 48.7 Å². The van der Waals surface area contributed by atoms with E-state index in [0.717, 1.165) is 17.8 Å². The number of fused-ring (bicyclic) bond motifs is 1. The Balaban J connectivity index is 1.63. The van der Waals surface area contributed by atoms with Crippen LogP contribution in [0, 0.1) is 18.6 Å². The molecule has 6 nitrogen and oxygen atoms in total. The van der Waals surface area contributed by atoms with Gasteiger partial charge in [0, 0.05) is 11.6 Å². The summed E-state index contributed by atoms with van der Waals surface area (Å²) in [4.78, 5) is 8.84. The Labute approximate surface area is 169 Å². The molecule has 2 aromatic heterocycles. The van der Waals surface area contributed by atoms with Crippen LogP contribution in [0.3, 0.4) is 0 Å². The molecule has 0 unspecified atom stereocenters. The summed E-state index contributed by atoms with van der Waals surface area (Å²) in [5, 5.41) is 19.0. The van der Waals surface area contributed by atoms with Crippen molar-refractivity contribution in [2.24, 2.45) is 0 Å². The van der Waals surface area contributed by atoms with Crippen molar-refractivity contribution in [1.29, 1.82) is 0 Å². The van der Waals surface area contributed by atoms with E-state index in [2.05, 4.69) is 20.4 Å². The molecule has 0 saturated heterocycles. The van der Waals surface area contributed by atoms with Gasteiger partial charge in [-0.05, 0) is 42.8 Å². The maximum absolute atomic E-state index is 13.4. The quantitative estimate of drug-likeness (QED) is 0.511. The van der Waals surface area contributed by atoms with Crippen LogP contribution < -0.4 is 5.32 Å². The smallest absolute Gasteiger partial charge is 0.168 e. The van der Waals surface area contributed by atoms with Crippen molar-refractivity contribution in [3.63, 3.8) is 0 Å². The van der Waals surface area contributed by atoms with Crippen LogP contribution in [0.1, 0.15) is 17.5 Å². The van der Waals surface area contributed by atoms with E-state index in [0.29, 0.717) is 27.7 Å².